The Balaban J connectivity index is 3.49. The standard InChI is InChI=1S/C9H14Cl3NO2/c1-2-6-13-8(14)15-7-4-3-5-9(10,11)12/h3-4H,2,5-7H2,1H3,(H,13,14). The third-order valence-electron chi connectivity index (χ3n) is 1.35. The van der Waals surface area contributed by atoms with E-state index in [4.69, 9.17) is 39.5 Å². The van der Waals surface area contributed by atoms with E-state index in [-0.39, 0.29) is 13.0 Å². The summed E-state index contributed by atoms with van der Waals surface area (Å²) < 4.78 is 3.50. The summed E-state index contributed by atoms with van der Waals surface area (Å²) in [5.74, 6) is 0. The number of carbonyl (C=O) groups is 1. The molecule has 0 bridgehead atoms. The fourth-order valence-electron chi connectivity index (χ4n) is 0.687. The van der Waals surface area contributed by atoms with Crippen LogP contribution in [0.5, 0.6) is 0 Å². The van der Waals surface area contributed by atoms with Crippen LogP contribution in [0.3, 0.4) is 0 Å². The fourth-order valence-corrected chi connectivity index (χ4v) is 0.954. The van der Waals surface area contributed by atoms with Gasteiger partial charge in [0.25, 0.3) is 0 Å². The Morgan fingerprint density at radius 1 is 1.40 bits per heavy atom. The fraction of sp³-hybridized carbons (Fsp3) is 0.667. The molecule has 0 aliphatic rings. The molecule has 1 amide bonds. The summed E-state index contributed by atoms with van der Waals surface area (Å²) in [6.45, 7) is 2.74. The van der Waals surface area contributed by atoms with Crippen LogP contribution < -0.4 is 5.32 Å². The van der Waals surface area contributed by atoms with Crippen LogP contribution in [0.25, 0.3) is 0 Å². The molecule has 0 aliphatic carbocycles. The van der Waals surface area contributed by atoms with Crippen molar-refractivity contribution >= 4 is 40.9 Å². The first kappa shape index (κ1) is 14.9. The molecule has 0 spiro atoms. The third kappa shape index (κ3) is 11.8. The van der Waals surface area contributed by atoms with E-state index in [0.29, 0.717) is 6.54 Å². The molecule has 15 heavy (non-hydrogen) atoms. The van der Waals surface area contributed by atoms with Gasteiger partial charge in [0, 0.05) is 13.0 Å². The smallest absolute Gasteiger partial charge is 0.407 e. The van der Waals surface area contributed by atoms with E-state index in [2.05, 4.69) is 5.32 Å². The normalized spacial score (nSPS) is 11.7. The first-order chi connectivity index (χ1) is 6.95. The number of nitrogens with one attached hydrogen (secondary N) is 1. The molecule has 0 saturated heterocycles. The Hall–Kier alpha value is -0.120. The number of hydrogen-bond acceptors (Lipinski definition) is 2. The highest BCUT2D eigenvalue weighted by Crippen LogP contribution is 2.30. The average Bonchev–Trinajstić information content (AvgIpc) is 2.12. The highest BCUT2D eigenvalue weighted by atomic mass is 35.6. The first-order valence-corrected chi connectivity index (χ1v) is 5.71. The number of ether oxygens (including phenoxy) is 1. The van der Waals surface area contributed by atoms with Gasteiger partial charge in [-0.05, 0) is 6.42 Å². The van der Waals surface area contributed by atoms with Crippen LogP contribution in [0, 0.1) is 0 Å². The van der Waals surface area contributed by atoms with Crippen LogP contribution >= 0.6 is 34.8 Å². The molecule has 0 aliphatic heterocycles. The minimum absolute atomic E-state index is 0.177. The van der Waals surface area contributed by atoms with Crippen molar-refractivity contribution in [2.75, 3.05) is 13.2 Å². The minimum atomic E-state index is -1.29. The quantitative estimate of drug-likeness (QED) is 0.616. The van der Waals surface area contributed by atoms with E-state index in [1.165, 1.54) is 0 Å². The Morgan fingerprint density at radius 2 is 2.07 bits per heavy atom. The lowest BCUT2D eigenvalue weighted by atomic mass is 10.4. The Morgan fingerprint density at radius 3 is 2.60 bits per heavy atom. The lowest BCUT2D eigenvalue weighted by Crippen LogP contribution is -2.24. The SMILES string of the molecule is CCCNC(=O)OCC=CCC(Cl)(Cl)Cl. The number of amides is 1. The number of rotatable bonds is 5. The maximum Gasteiger partial charge on any atom is 0.407 e. The number of alkyl halides is 3. The molecule has 0 aromatic rings. The maximum absolute atomic E-state index is 10.9. The monoisotopic (exact) mass is 273 g/mol. The summed E-state index contributed by atoms with van der Waals surface area (Å²) in [4.78, 5) is 10.9. The van der Waals surface area contributed by atoms with Crippen molar-refractivity contribution in [2.24, 2.45) is 0 Å². The first-order valence-electron chi connectivity index (χ1n) is 4.58. The number of alkyl carbamates (subject to hydrolysis) is 1. The second-order valence-corrected chi connectivity index (χ2v) is 5.33. The van der Waals surface area contributed by atoms with Crippen molar-refractivity contribution in [1.29, 1.82) is 0 Å². The molecule has 3 nitrogen and oxygen atoms in total. The van der Waals surface area contributed by atoms with E-state index >= 15 is 0 Å². The van der Waals surface area contributed by atoms with Gasteiger partial charge < -0.3 is 10.1 Å². The zero-order valence-electron chi connectivity index (χ0n) is 8.43. The van der Waals surface area contributed by atoms with Gasteiger partial charge in [0.2, 0.25) is 0 Å². The van der Waals surface area contributed by atoms with Crippen molar-refractivity contribution in [2.45, 2.75) is 23.6 Å². The lowest BCUT2D eigenvalue weighted by Gasteiger charge is -2.06. The molecule has 0 radical (unpaired) electrons. The molecule has 0 fully saturated rings. The maximum atomic E-state index is 10.9. The van der Waals surface area contributed by atoms with Gasteiger partial charge in [-0.15, -0.1) is 0 Å². The largest absolute Gasteiger partial charge is 0.445 e. The van der Waals surface area contributed by atoms with Crippen molar-refractivity contribution < 1.29 is 9.53 Å². The Bertz CT molecular complexity index is 214. The highest BCUT2D eigenvalue weighted by molar-refractivity contribution is 6.67. The van der Waals surface area contributed by atoms with E-state index in [1.807, 2.05) is 6.92 Å². The lowest BCUT2D eigenvalue weighted by molar-refractivity contribution is 0.158. The number of allylic oxidation sites excluding steroid dienone is 1. The number of hydrogen-bond donors (Lipinski definition) is 1. The molecule has 0 aromatic carbocycles. The summed E-state index contributed by atoms with van der Waals surface area (Å²) >= 11 is 16.5. The van der Waals surface area contributed by atoms with Gasteiger partial charge in [-0.25, -0.2) is 4.79 Å². The van der Waals surface area contributed by atoms with Gasteiger partial charge in [-0.1, -0.05) is 53.9 Å². The van der Waals surface area contributed by atoms with Crippen LogP contribution in [0.4, 0.5) is 4.79 Å². The van der Waals surface area contributed by atoms with Crippen molar-refractivity contribution in [3.8, 4) is 0 Å². The molecule has 0 unspecified atom stereocenters. The Kier molecular flexibility index (Phi) is 8.02. The van der Waals surface area contributed by atoms with Crippen LogP contribution in [0.2, 0.25) is 0 Å². The molecular formula is C9H14Cl3NO2. The molecule has 6 heteroatoms. The molecule has 0 atom stereocenters. The molecule has 0 rings (SSSR count). The summed E-state index contributed by atoms with van der Waals surface area (Å²) in [5.41, 5.74) is 0. The predicted octanol–water partition coefficient (Wildman–Crippen LogP) is 3.44. The molecule has 0 heterocycles. The zero-order valence-corrected chi connectivity index (χ0v) is 10.7. The summed E-state index contributed by atoms with van der Waals surface area (Å²) in [6.07, 6.45) is 4.01. The Labute approximate surface area is 105 Å². The molecule has 0 saturated carbocycles. The van der Waals surface area contributed by atoms with Crippen LogP contribution in [-0.4, -0.2) is 23.0 Å². The van der Waals surface area contributed by atoms with Crippen LogP contribution in [0.15, 0.2) is 12.2 Å². The van der Waals surface area contributed by atoms with Gasteiger partial charge in [0.15, 0.2) is 3.79 Å². The van der Waals surface area contributed by atoms with Crippen molar-refractivity contribution in [3.63, 3.8) is 0 Å². The molecular weight excluding hydrogens is 260 g/mol. The van der Waals surface area contributed by atoms with Gasteiger partial charge in [-0.2, -0.15) is 0 Å². The van der Waals surface area contributed by atoms with Gasteiger partial charge in [0.1, 0.15) is 6.61 Å². The molecule has 1 N–H and O–H groups in total. The van der Waals surface area contributed by atoms with E-state index in [9.17, 15) is 4.79 Å². The van der Waals surface area contributed by atoms with E-state index in [0.717, 1.165) is 6.42 Å². The summed E-state index contributed by atoms with van der Waals surface area (Å²) in [7, 11) is 0. The predicted molar refractivity (Wildman–Crippen MR) is 63.7 cm³/mol. The topological polar surface area (TPSA) is 38.3 Å². The van der Waals surface area contributed by atoms with Crippen LogP contribution in [0.1, 0.15) is 19.8 Å². The average molecular weight is 275 g/mol. The zero-order chi connectivity index (χ0) is 11.7. The highest BCUT2D eigenvalue weighted by Gasteiger charge is 2.16. The number of carbonyl (C=O) groups excluding carboxylic acids is 1. The van der Waals surface area contributed by atoms with Gasteiger partial charge in [-0.3, -0.25) is 0 Å². The third-order valence-corrected chi connectivity index (χ3v) is 1.81. The minimum Gasteiger partial charge on any atom is -0.445 e. The summed E-state index contributed by atoms with van der Waals surface area (Å²) in [6, 6.07) is 0. The van der Waals surface area contributed by atoms with Gasteiger partial charge in [0.05, 0.1) is 0 Å². The van der Waals surface area contributed by atoms with Crippen molar-refractivity contribution in [3.05, 3.63) is 12.2 Å². The van der Waals surface area contributed by atoms with Crippen LogP contribution in [-0.2, 0) is 4.74 Å². The molecule has 0 aromatic heterocycles. The molecule has 88 valence electrons. The van der Waals surface area contributed by atoms with E-state index in [1.54, 1.807) is 12.2 Å². The number of halogens is 3. The van der Waals surface area contributed by atoms with Crippen molar-refractivity contribution in [1.82, 2.24) is 5.32 Å². The van der Waals surface area contributed by atoms with Gasteiger partial charge >= 0.3 is 6.09 Å². The summed E-state index contributed by atoms with van der Waals surface area (Å²) in [5, 5.41) is 2.57. The second-order valence-electron chi connectivity index (χ2n) is 2.82. The second kappa shape index (κ2) is 8.08. The van der Waals surface area contributed by atoms with E-state index < -0.39 is 9.89 Å².